The van der Waals surface area contributed by atoms with Crippen LogP contribution in [-0.2, 0) is 10.3 Å². The van der Waals surface area contributed by atoms with Crippen molar-refractivity contribution in [2.24, 2.45) is 16.9 Å². The number of benzene rings is 2. The van der Waals surface area contributed by atoms with E-state index in [0.29, 0.717) is 11.3 Å². The SMILES string of the molecule is C=C(N)N(C)C(=O)C(C)(C)[C@](C)(N)c1cc(Nc2ccc(C#N)c(C)c2)ccc1F. The number of halogens is 1. The maximum atomic E-state index is 14.8. The summed E-state index contributed by atoms with van der Waals surface area (Å²) in [5.41, 5.74) is 12.6. The molecule has 30 heavy (non-hydrogen) atoms. The fraction of sp³-hybridized carbons (Fsp3) is 0.304. The first-order valence-corrected chi connectivity index (χ1v) is 9.42. The highest BCUT2D eigenvalue weighted by atomic mass is 19.1. The maximum Gasteiger partial charge on any atom is 0.235 e. The van der Waals surface area contributed by atoms with Crippen molar-refractivity contribution in [2.45, 2.75) is 33.2 Å². The summed E-state index contributed by atoms with van der Waals surface area (Å²) in [6.07, 6.45) is 0. The molecule has 0 bridgehead atoms. The van der Waals surface area contributed by atoms with Crippen LogP contribution in [0.5, 0.6) is 0 Å². The summed E-state index contributed by atoms with van der Waals surface area (Å²) in [7, 11) is 1.50. The van der Waals surface area contributed by atoms with Crippen LogP contribution in [0.3, 0.4) is 0 Å². The molecule has 7 heteroatoms. The third-order valence-corrected chi connectivity index (χ3v) is 5.73. The second kappa shape index (κ2) is 8.17. The molecule has 0 aromatic heterocycles. The number of hydrogen-bond donors (Lipinski definition) is 3. The Morgan fingerprint density at radius 2 is 1.77 bits per heavy atom. The molecular formula is C23H28FN5O. The number of amides is 1. The molecule has 2 aromatic rings. The zero-order chi connectivity index (χ0) is 22.9. The lowest BCUT2D eigenvalue weighted by molar-refractivity contribution is -0.141. The Morgan fingerprint density at radius 1 is 1.20 bits per heavy atom. The molecule has 0 aliphatic heterocycles. The summed E-state index contributed by atoms with van der Waals surface area (Å²) in [5, 5.41) is 12.3. The minimum atomic E-state index is -1.35. The van der Waals surface area contributed by atoms with E-state index in [0.717, 1.165) is 11.3 Å². The monoisotopic (exact) mass is 409 g/mol. The van der Waals surface area contributed by atoms with E-state index in [9.17, 15) is 9.18 Å². The number of nitrogens with zero attached hydrogens (tertiary/aromatic N) is 2. The third-order valence-electron chi connectivity index (χ3n) is 5.73. The smallest absolute Gasteiger partial charge is 0.235 e. The van der Waals surface area contributed by atoms with Crippen LogP contribution in [-0.4, -0.2) is 17.9 Å². The van der Waals surface area contributed by atoms with Gasteiger partial charge in [0.15, 0.2) is 0 Å². The molecule has 0 aliphatic carbocycles. The number of rotatable bonds is 6. The van der Waals surface area contributed by atoms with Crippen molar-refractivity contribution >= 4 is 17.3 Å². The highest BCUT2D eigenvalue weighted by molar-refractivity contribution is 5.85. The van der Waals surface area contributed by atoms with Gasteiger partial charge < -0.3 is 21.7 Å². The quantitative estimate of drug-likeness (QED) is 0.672. The summed E-state index contributed by atoms with van der Waals surface area (Å²) in [4.78, 5) is 14.2. The van der Waals surface area contributed by atoms with Gasteiger partial charge in [-0.15, -0.1) is 0 Å². The first-order chi connectivity index (χ1) is 13.8. The molecule has 0 saturated carbocycles. The number of nitrogens with two attached hydrogens (primary N) is 2. The number of nitriles is 1. The van der Waals surface area contributed by atoms with E-state index in [1.54, 1.807) is 45.0 Å². The molecule has 2 aromatic carbocycles. The molecule has 2 rings (SSSR count). The molecule has 0 unspecified atom stereocenters. The van der Waals surface area contributed by atoms with E-state index >= 15 is 0 Å². The molecule has 158 valence electrons. The van der Waals surface area contributed by atoms with Gasteiger partial charge in [-0.2, -0.15) is 5.26 Å². The Balaban J connectivity index is 2.44. The number of carbonyl (C=O) groups is 1. The molecule has 0 heterocycles. The Labute approximate surface area is 177 Å². The predicted molar refractivity (Wildman–Crippen MR) is 117 cm³/mol. The number of carbonyl (C=O) groups excluding carboxylic acids is 1. The first-order valence-electron chi connectivity index (χ1n) is 9.42. The van der Waals surface area contributed by atoms with Gasteiger partial charge in [0.1, 0.15) is 5.82 Å². The molecule has 6 nitrogen and oxygen atoms in total. The first kappa shape index (κ1) is 22.9. The Bertz CT molecular complexity index is 1040. The van der Waals surface area contributed by atoms with E-state index in [2.05, 4.69) is 18.0 Å². The summed E-state index contributed by atoms with van der Waals surface area (Å²) in [5.74, 6) is -0.812. The zero-order valence-corrected chi connectivity index (χ0v) is 18.0. The number of aryl methyl sites for hydroxylation is 1. The predicted octanol–water partition coefficient (Wildman–Crippen LogP) is 3.84. The fourth-order valence-electron chi connectivity index (χ4n) is 3.14. The Hall–Kier alpha value is -3.37. The van der Waals surface area contributed by atoms with Crippen LogP contribution < -0.4 is 16.8 Å². The van der Waals surface area contributed by atoms with Gasteiger partial charge in [-0.3, -0.25) is 4.79 Å². The summed E-state index contributed by atoms with van der Waals surface area (Å²) in [6, 6.07) is 11.9. The third kappa shape index (κ3) is 4.14. The van der Waals surface area contributed by atoms with E-state index in [4.69, 9.17) is 16.7 Å². The largest absolute Gasteiger partial charge is 0.386 e. The maximum absolute atomic E-state index is 14.8. The van der Waals surface area contributed by atoms with Gasteiger partial charge in [-0.1, -0.05) is 6.58 Å². The molecule has 0 fully saturated rings. The second-order valence-electron chi connectivity index (χ2n) is 8.14. The minimum absolute atomic E-state index is 0.0796. The van der Waals surface area contributed by atoms with Crippen LogP contribution in [0.2, 0.25) is 0 Å². The average Bonchev–Trinajstić information content (AvgIpc) is 2.68. The van der Waals surface area contributed by atoms with Crippen molar-refractivity contribution in [1.82, 2.24) is 4.90 Å². The van der Waals surface area contributed by atoms with Gasteiger partial charge in [0.05, 0.1) is 28.4 Å². The fourth-order valence-corrected chi connectivity index (χ4v) is 3.14. The average molecular weight is 410 g/mol. The molecule has 0 radical (unpaired) electrons. The lowest BCUT2D eigenvalue weighted by Crippen LogP contribution is -2.56. The van der Waals surface area contributed by atoms with Gasteiger partial charge in [0, 0.05) is 24.0 Å². The Kier molecular flexibility index (Phi) is 6.24. The number of nitrogens with one attached hydrogen (secondary N) is 1. The molecule has 0 spiro atoms. The van der Waals surface area contributed by atoms with Crippen LogP contribution in [0.4, 0.5) is 15.8 Å². The zero-order valence-electron chi connectivity index (χ0n) is 18.0. The lowest BCUT2D eigenvalue weighted by Gasteiger charge is -2.42. The minimum Gasteiger partial charge on any atom is -0.386 e. The summed E-state index contributed by atoms with van der Waals surface area (Å²) in [6.45, 7) is 10.3. The molecule has 5 N–H and O–H groups in total. The van der Waals surface area contributed by atoms with E-state index in [-0.39, 0.29) is 17.3 Å². The standard InChI is InChI=1S/C23H28FN5O/c1-14-11-17(8-7-16(14)13-25)28-18-9-10-20(24)19(12-18)23(5,27)22(3,4)21(30)29(6)15(2)26/h7-12,28H,2,26-27H2,1,3-6H3/t23-/m1/s1. The second-order valence-corrected chi connectivity index (χ2v) is 8.14. The summed E-state index contributed by atoms with van der Waals surface area (Å²) < 4.78 is 14.8. The van der Waals surface area contributed by atoms with Gasteiger partial charge >= 0.3 is 0 Å². The van der Waals surface area contributed by atoms with Crippen LogP contribution >= 0.6 is 0 Å². The van der Waals surface area contributed by atoms with Gasteiger partial charge in [-0.25, -0.2) is 4.39 Å². The molecular weight excluding hydrogens is 381 g/mol. The van der Waals surface area contributed by atoms with Gasteiger partial charge in [-0.05, 0) is 69.7 Å². The topological polar surface area (TPSA) is 108 Å². The lowest BCUT2D eigenvalue weighted by atomic mass is 9.68. The van der Waals surface area contributed by atoms with Crippen LogP contribution in [0.15, 0.2) is 48.8 Å². The van der Waals surface area contributed by atoms with Crippen LogP contribution in [0.1, 0.15) is 37.5 Å². The molecule has 1 amide bonds. The van der Waals surface area contributed by atoms with Crippen molar-refractivity contribution < 1.29 is 9.18 Å². The highest BCUT2D eigenvalue weighted by Crippen LogP contribution is 2.41. The van der Waals surface area contributed by atoms with Crippen molar-refractivity contribution in [3.63, 3.8) is 0 Å². The van der Waals surface area contributed by atoms with Crippen LogP contribution in [0, 0.1) is 29.5 Å². The van der Waals surface area contributed by atoms with Gasteiger partial charge in [0.25, 0.3) is 0 Å². The molecule has 0 aliphatic rings. The highest BCUT2D eigenvalue weighted by Gasteiger charge is 2.47. The van der Waals surface area contributed by atoms with E-state index in [1.807, 2.05) is 13.0 Å². The normalized spacial score (nSPS) is 13.1. The Morgan fingerprint density at radius 3 is 2.30 bits per heavy atom. The van der Waals surface area contributed by atoms with Crippen molar-refractivity contribution in [3.05, 3.63) is 71.3 Å². The number of hydrogen-bond acceptors (Lipinski definition) is 5. The van der Waals surface area contributed by atoms with Crippen molar-refractivity contribution in [1.29, 1.82) is 5.26 Å². The molecule has 0 saturated heterocycles. The molecule has 1 atom stereocenters. The van der Waals surface area contributed by atoms with E-state index < -0.39 is 16.8 Å². The van der Waals surface area contributed by atoms with Crippen molar-refractivity contribution in [2.75, 3.05) is 12.4 Å². The van der Waals surface area contributed by atoms with Gasteiger partial charge in [0.2, 0.25) is 5.91 Å². The summed E-state index contributed by atoms with van der Waals surface area (Å²) >= 11 is 0. The van der Waals surface area contributed by atoms with E-state index in [1.165, 1.54) is 18.0 Å². The van der Waals surface area contributed by atoms with Crippen molar-refractivity contribution in [3.8, 4) is 6.07 Å². The number of anilines is 2. The van der Waals surface area contributed by atoms with Crippen LogP contribution in [0.25, 0.3) is 0 Å².